The molecule has 0 saturated carbocycles. The van der Waals surface area contributed by atoms with Gasteiger partial charge in [0.15, 0.2) is 0 Å². The van der Waals surface area contributed by atoms with Crippen LogP contribution < -0.4 is 5.32 Å². The number of rotatable bonds is 4. The van der Waals surface area contributed by atoms with Crippen molar-refractivity contribution in [2.45, 2.75) is 6.42 Å². The molecule has 0 amide bonds. The predicted molar refractivity (Wildman–Crippen MR) is 54.7 cm³/mol. The summed E-state index contributed by atoms with van der Waals surface area (Å²) in [6.45, 7) is 3.05. The van der Waals surface area contributed by atoms with E-state index in [2.05, 4.69) is 5.32 Å². The quantitative estimate of drug-likeness (QED) is 0.636. The zero-order valence-electron chi connectivity index (χ0n) is 8.53. The zero-order chi connectivity index (χ0) is 10.4. The van der Waals surface area contributed by atoms with Gasteiger partial charge >= 0.3 is 0 Å². The van der Waals surface area contributed by atoms with E-state index in [0.29, 0.717) is 26.2 Å². The SMILES string of the molecule is COCCCN1CCNCCS1(=O)=O. The Morgan fingerprint density at radius 1 is 1.43 bits per heavy atom. The van der Waals surface area contributed by atoms with Crippen molar-refractivity contribution in [2.24, 2.45) is 0 Å². The third-order valence-electron chi connectivity index (χ3n) is 2.22. The number of nitrogens with zero attached hydrogens (tertiary/aromatic N) is 1. The summed E-state index contributed by atoms with van der Waals surface area (Å²) in [6.07, 6.45) is 0.760. The van der Waals surface area contributed by atoms with Gasteiger partial charge in [-0.05, 0) is 6.42 Å². The first-order chi connectivity index (χ1) is 6.67. The summed E-state index contributed by atoms with van der Waals surface area (Å²) in [5, 5.41) is 3.07. The van der Waals surface area contributed by atoms with Gasteiger partial charge in [-0.2, -0.15) is 0 Å². The number of methoxy groups -OCH3 is 1. The Morgan fingerprint density at radius 2 is 2.21 bits per heavy atom. The molecule has 0 aromatic carbocycles. The van der Waals surface area contributed by atoms with Gasteiger partial charge in [-0.3, -0.25) is 0 Å². The molecule has 0 bridgehead atoms. The van der Waals surface area contributed by atoms with Crippen molar-refractivity contribution in [3.63, 3.8) is 0 Å². The fourth-order valence-corrected chi connectivity index (χ4v) is 2.87. The van der Waals surface area contributed by atoms with Crippen LogP contribution in [0.1, 0.15) is 6.42 Å². The van der Waals surface area contributed by atoms with Crippen molar-refractivity contribution in [2.75, 3.05) is 45.6 Å². The van der Waals surface area contributed by atoms with Gasteiger partial charge < -0.3 is 10.1 Å². The molecule has 0 spiro atoms. The lowest BCUT2D eigenvalue weighted by molar-refractivity contribution is 0.187. The molecule has 0 unspecified atom stereocenters. The summed E-state index contributed by atoms with van der Waals surface area (Å²) < 4.78 is 29.7. The highest BCUT2D eigenvalue weighted by atomic mass is 32.2. The molecule has 1 saturated heterocycles. The van der Waals surface area contributed by atoms with E-state index < -0.39 is 10.0 Å². The van der Waals surface area contributed by atoms with E-state index in [1.807, 2.05) is 0 Å². The Labute approximate surface area is 85.5 Å². The van der Waals surface area contributed by atoms with E-state index in [-0.39, 0.29) is 5.75 Å². The smallest absolute Gasteiger partial charge is 0.215 e. The van der Waals surface area contributed by atoms with Crippen LogP contribution in [0.25, 0.3) is 0 Å². The van der Waals surface area contributed by atoms with Gasteiger partial charge in [0, 0.05) is 39.9 Å². The number of sulfonamides is 1. The molecule has 1 aliphatic rings. The van der Waals surface area contributed by atoms with Crippen molar-refractivity contribution in [1.82, 2.24) is 9.62 Å². The maximum atomic E-state index is 11.6. The summed E-state index contributed by atoms with van der Waals surface area (Å²) in [6, 6.07) is 0. The Bertz CT molecular complexity index is 253. The molecule has 0 aromatic rings. The standard InChI is InChI=1S/C8H18N2O3S/c1-13-7-2-5-10-6-3-9-4-8-14(10,11)12/h9H,2-8H2,1H3. The van der Waals surface area contributed by atoms with E-state index >= 15 is 0 Å². The van der Waals surface area contributed by atoms with Crippen LogP contribution in [0, 0.1) is 0 Å². The molecular weight excluding hydrogens is 204 g/mol. The molecule has 14 heavy (non-hydrogen) atoms. The lowest BCUT2D eigenvalue weighted by Crippen LogP contribution is -2.34. The van der Waals surface area contributed by atoms with Gasteiger partial charge in [0.1, 0.15) is 0 Å². The molecule has 0 radical (unpaired) electrons. The fourth-order valence-electron chi connectivity index (χ4n) is 1.43. The van der Waals surface area contributed by atoms with Crippen molar-refractivity contribution >= 4 is 10.0 Å². The Morgan fingerprint density at radius 3 is 2.93 bits per heavy atom. The average Bonchev–Trinajstić information content (AvgIpc) is 2.29. The summed E-state index contributed by atoms with van der Waals surface area (Å²) in [4.78, 5) is 0. The van der Waals surface area contributed by atoms with Crippen LogP contribution in [-0.4, -0.2) is 58.4 Å². The third kappa shape index (κ3) is 3.53. The van der Waals surface area contributed by atoms with E-state index in [4.69, 9.17) is 4.74 Å². The third-order valence-corrected chi connectivity index (χ3v) is 4.10. The monoisotopic (exact) mass is 222 g/mol. The van der Waals surface area contributed by atoms with Gasteiger partial charge in [-0.15, -0.1) is 0 Å². The first-order valence-electron chi connectivity index (χ1n) is 4.84. The van der Waals surface area contributed by atoms with E-state index in [1.165, 1.54) is 0 Å². The van der Waals surface area contributed by atoms with Gasteiger partial charge in [0.25, 0.3) is 0 Å². The molecule has 0 aliphatic carbocycles. The lowest BCUT2D eigenvalue weighted by Gasteiger charge is -2.18. The number of hydrogen-bond acceptors (Lipinski definition) is 4. The molecule has 1 heterocycles. The molecule has 1 fully saturated rings. The highest BCUT2D eigenvalue weighted by Gasteiger charge is 2.22. The second-order valence-electron chi connectivity index (χ2n) is 3.31. The van der Waals surface area contributed by atoms with Crippen molar-refractivity contribution in [3.05, 3.63) is 0 Å². The van der Waals surface area contributed by atoms with Crippen LogP contribution in [-0.2, 0) is 14.8 Å². The second kappa shape index (κ2) is 5.65. The molecule has 84 valence electrons. The lowest BCUT2D eigenvalue weighted by atomic mass is 10.4. The minimum atomic E-state index is -3.03. The maximum Gasteiger partial charge on any atom is 0.215 e. The summed E-state index contributed by atoms with van der Waals surface area (Å²) in [7, 11) is -1.40. The normalized spacial score (nSPS) is 23.2. The van der Waals surface area contributed by atoms with Crippen molar-refractivity contribution in [3.8, 4) is 0 Å². The Kier molecular flexibility index (Phi) is 4.80. The molecule has 1 N–H and O–H groups in total. The number of ether oxygens (including phenoxy) is 1. The summed E-state index contributed by atoms with van der Waals surface area (Å²) in [5.41, 5.74) is 0. The molecular formula is C8H18N2O3S. The Hall–Kier alpha value is -0.170. The maximum absolute atomic E-state index is 11.6. The first kappa shape index (κ1) is 11.9. The van der Waals surface area contributed by atoms with Crippen LogP contribution in [0.3, 0.4) is 0 Å². The molecule has 0 aromatic heterocycles. The summed E-state index contributed by atoms with van der Waals surface area (Å²) >= 11 is 0. The number of nitrogens with one attached hydrogen (secondary N) is 1. The van der Waals surface area contributed by atoms with Crippen LogP contribution in [0.5, 0.6) is 0 Å². The van der Waals surface area contributed by atoms with Gasteiger partial charge in [0.2, 0.25) is 10.0 Å². The minimum absolute atomic E-state index is 0.208. The van der Waals surface area contributed by atoms with Gasteiger partial charge in [-0.25, -0.2) is 12.7 Å². The predicted octanol–water partition coefficient (Wildman–Crippen LogP) is -0.742. The number of hydrogen-bond donors (Lipinski definition) is 1. The van der Waals surface area contributed by atoms with Crippen LogP contribution in [0.15, 0.2) is 0 Å². The highest BCUT2D eigenvalue weighted by Crippen LogP contribution is 2.04. The topological polar surface area (TPSA) is 58.6 Å². The van der Waals surface area contributed by atoms with Gasteiger partial charge in [0.05, 0.1) is 5.75 Å². The molecule has 1 rings (SSSR count). The van der Waals surface area contributed by atoms with Crippen LogP contribution in [0.2, 0.25) is 0 Å². The van der Waals surface area contributed by atoms with Crippen molar-refractivity contribution < 1.29 is 13.2 Å². The van der Waals surface area contributed by atoms with Crippen LogP contribution >= 0.6 is 0 Å². The molecule has 5 nitrogen and oxygen atoms in total. The van der Waals surface area contributed by atoms with E-state index in [0.717, 1.165) is 13.0 Å². The van der Waals surface area contributed by atoms with Crippen LogP contribution in [0.4, 0.5) is 0 Å². The highest BCUT2D eigenvalue weighted by molar-refractivity contribution is 7.89. The Balaban J connectivity index is 2.46. The second-order valence-corrected chi connectivity index (χ2v) is 5.40. The average molecular weight is 222 g/mol. The van der Waals surface area contributed by atoms with E-state index in [9.17, 15) is 8.42 Å². The summed E-state index contributed by atoms with van der Waals surface area (Å²) in [5.74, 6) is 0.208. The largest absolute Gasteiger partial charge is 0.385 e. The molecule has 6 heteroatoms. The molecule has 0 atom stereocenters. The molecule has 1 aliphatic heterocycles. The van der Waals surface area contributed by atoms with E-state index in [1.54, 1.807) is 11.4 Å². The van der Waals surface area contributed by atoms with Crippen molar-refractivity contribution in [1.29, 1.82) is 0 Å². The minimum Gasteiger partial charge on any atom is -0.385 e. The zero-order valence-corrected chi connectivity index (χ0v) is 9.35. The first-order valence-corrected chi connectivity index (χ1v) is 6.45. The van der Waals surface area contributed by atoms with Gasteiger partial charge in [-0.1, -0.05) is 0 Å². The fraction of sp³-hybridized carbons (Fsp3) is 1.00.